The van der Waals surface area contributed by atoms with Crippen molar-refractivity contribution < 1.29 is 19.1 Å². The molecule has 0 bridgehead atoms. The molecule has 0 saturated carbocycles. The number of hydrogen-bond acceptors (Lipinski definition) is 5. The van der Waals surface area contributed by atoms with Crippen LogP contribution in [0.1, 0.15) is 27.2 Å². The Morgan fingerprint density at radius 1 is 1.00 bits per heavy atom. The summed E-state index contributed by atoms with van der Waals surface area (Å²) in [4.78, 5) is 36.4. The largest absolute Gasteiger partial charge is 0.480 e. The van der Waals surface area contributed by atoms with Gasteiger partial charge in [-0.1, -0.05) is 48.0 Å². The Morgan fingerprint density at radius 3 is 2.42 bits per heavy atom. The Balaban J connectivity index is 1.46. The van der Waals surface area contributed by atoms with Gasteiger partial charge in [0.25, 0.3) is 5.91 Å². The molecule has 0 saturated heterocycles. The standard InChI is InChI=1S/C29H24ClFN4O3/c30-22-9-5-18(6-10-22)15-25(29(37)38)33-28(36)24-16-26(34-27(32-24)20-7-11-23(31)12-8-20)35-14-13-19-3-1-2-4-21(19)17-35/h1-12,16,25H,13-15,17H2,(H,33,36)(H,37,38)/t25-/m1/s1. The minimum Gasteiger partial charge on any atom is -0.480 e. The third-order valence-electron chi connectivity index (χ3n) is 6.46. The van der Waals surface area contributed by atoms with Crippen LogP contribution >= 0.6 is 11.6 Å². The van der Waals surface area contributed by atoms with Crippen molar-refractivity contribution in [1.29, 1.82) is 0 Å². The summed E-state index contributed by atoms with van der Waals surface area (Å²) in [6.07, 6.45) is 0.889. The summed E-state index contributed by atoms with van der Waals surface area (Å²) in [5.74, 6) is -1.44. The summed E-state index contributed by atoms with van der Waals surface area (Å²) < 4.78 is 13.6. The first-order valence-corrected chi connectivity index (χ1v) is 12.5. The Kier molecular flexibility index (Phi) is 7.33. The predicted octanol–water partition coefficient (Wildman–Crippen LogP) is 4.92. The molecule has 1 aliphatic rings. The van der Waals surface area contributed by atoms with Crippen LogP contribution in [-0.4, -0.2) is 39.5 Å². The van der Waals surface area contributed by atoms with Gasteiger partial charge in [-0.3, -0.25) is 4.79 Å². The van der Waals surface area contributed by atoms with Crippen LogP contribution in [0.15, 0.2) is 78.9 Å². The molecule has 0 aliphatic carbocycles. The minimum absolute atomic E-state index is 0.0236. The quantitative estimate of drug-likeness (QED) is 0.352. The van der Waals surface area contributed by atoms with Gasteiger partial charge < -0.3 is 15.3 Å². The Bertz CT molecular complexity index is 1480. The molecule has 1 atom stereocenters. The Labute approximate surface area is 223 Å². The van der Waals surface area contributed by atoms with E-state index in [0.29, 0.717) is 35.1 Å². The van der Waals surface area contributed by atoms with Gasteiger partial charge in [-0.05, 0) is 59.5 Å². The Morgan fingerprint density at radius 2 is 1.71 bits per heavy atom. The lowest BCUT2D eigenvalue weighted by atomic mass is 10.00. The van der Waals surface area contributed by atoms with Gasteiger partial charge in [0.15, 0.2) is 5.82 Å². The number of hydrogen-bond donors (Lipinski definition) is 2. The molecule has 0 radical (unpaired) electrons. The van der Waals surface area contributed by atoms with Crippen molar-refractivity contribution in [2.45, 2.75) is 25.4 Å². The number of aliphatic carboxylic acids is 1. The third-order valence-corrected chi connectivity index (χ3v) is 6.71. The van der Waals surface area contributed by atoms with E-state index in [4.69, 9.17) is 11.6 Å². The predicted molar refractivity (Wildman–Crippen MR) is 143 cm³/mol. The highest BCUT2D eigenvalue weighted by atomic mass is 35.5. The number of fused-ring (bicyclic) bond motifs is 1. The highest BCUT2D eigenvalue weighted by Crippen LogP contribution is 2.26. The molecule has 5 rings (SSSR count). The SMILES string of the molecule is O=C(N[C@H](Cc1ccc(Cl)cc1)C(=O)O)c1cc(N2CCc3ccccc3C2)nc(-c2ccc(F)cc2)n1. The molecule has 1 amide bonds. The van der Waals surface area contributed by atoms with E-state index in [1.807, 2.05) is 12.1 Å². The molecule has 9 heteroatoms. The fourth-order valence-corrected chi connectivity index (χ4v) is 4.55. The first-order chi connectivity index (χ1) is 18.4. The molecular weight excluding hydrogens is 507 g/mol. The first-order valence-electron chi connectivity index (χ1n) is 12.1. The van der Waals surface area contributed by atoms with Crippen molar-refractivity contribution in [3.05, 3.63) is 112 Å². The molecule has 3 aromatic carbocycles. The monoisotopic (exact) mass is 530 g/mol. The van der Waals surface area contributed by atoms with Gasteiger partial charge in [0.05, 0.1) is 0 Å². The zero-order valence-electron chi connectivity index (χ0n) is 20.3. The van der Waals surface area contributed by atoms with Gasteiger partial charge in [-0.25, -0.2) is 19.2 Å². The van der Waals surface area contributed by atoms with E-state index >= 15 is 0 Å². The lowest BCUT2D eigenvalue weighted by molar-refractivity contribution is -0.139. The second-order valence-electron chi connectivity index (χ2n) is 9.08. The van der Waals surface area contributed by atoms with E-state index in [1.54, 1.807) is 42.5 Å². The van der Waals surface area contributed by atoms with Crippen LogP contribution in [0.25, 0.3) is 11.4 Å². The number of carboxylic acids is 1. The number of carbonyl (C=O) groups is 2. The normalized spacial score (nSPS) is 13.5. The summed E-state index contributed by atoms with van der Waals surface area (Å²) in [7, 11) is 0. The van der Waals surface area contributed by atoms with Crippen molar-refractivity contribution in [2.24, 2.45) is 0 Å². The summed E-state index contributed by atoms with van der Waals surface area (Å²) in [6.45, 7) is 1.29. The molecular formula is C29H24ClFN4O3. The van der Waals surface area contributed by atoms with Gasteiger partial charge in [0.2, 0.25) is 0 Å². The molecule has 0 spiro atoms. The van der Waals surface area contributed by atoms with Crippen molar-refractivity contribution in [1.82, 2.24) is 15.3 Å². The number of amides is 1. The van der Waals surface area contributed by atoms with Gasteiger partial charge in [0.1, 0.15) is 23.4 Å². The number of carboxylic acid groups (broad SMARTS) is 1. The molecule has 38 heavy (non-hydrogen) atoms. The van der Waals surface area contributed by atoms with Crippen molar-refractivity contribution >= 4 is 29.3 Å². The highest BCUT2D eigenvalue weighted by Gasteiger charge is 2.25. The van der Waals surface area contributed by atoms with Crippen LogP contribution in [0, 0.1) is 5.82 Å². The van der Waals surface area contributed by atoms with Crippen LogP contribution < -0.4 is 10.2 Å². The third kappa shape index (κ3) is 5.81. The molecule has 192 valence electrons. The molecule has 1 aliphatic heterocycles. The number of aromatic nitrogens is 2. The lowest BCUT2D eigenvalue weighted by Gasteiger charge is -2.30. The number of carbonyl (C=O) groups excluding carboxylic acids is 1. The van der Waals surface area contributed by atoms with E-state index in [2.05, 4.69) is 32.3 Å². The van der Waals surface area contributed by atoms with E-state index < -0.39 is 23.7 Å². The zero-order chi connectivity index (χ0) is 26.6. The fourth-order valence-electron chi connectivity index (χ4n) is 4.42. The van der Waals surface area contributed by atoms with Gasteiger partial charge in [-0.15, -0.1) is 0 Å². The second-order valence-corrected chi connectivity index (χ2v) is 9.51. The number of benzene rings is 3. The Hall–Kier alpha value is -4.30. The molecule has 1 aromatic heterocycles. The molecule has 7 nitrogen and oxygen atoms in total. The van der Waals surface area contributed by atoms with Crippen LogP contribution in [0.2, 0.25) is 5.02 Å². The minimum atomic E-state index is -1.18. The number of nitrogens with one attached hydrogen (secondary N) is 1. The van der Waals surface area contributed by atoms with Crippen LogP contribution in [0.4, 0.5) is 10.2 Å². The summed E-state index contributed by atoms with van der Waals surface area (Å²) >= 11 is 5.93. The smallest absolute Gasteiger partial charge is 0.326 e. The van der Waals surface area contributed by atoms with Crippen LogP contribution in [0.5, 0.6) is 0 Å². The van der Waals surface area contributed by atoms with E-state index in [9.17, 15) is 19.1 Å². The van der Waals surface area contributed by atoms with E-state index in [0.717, 1.165) is 6.42 Å². The maximum Gasteiger partial charge on any atom is 0.326 e. The molecule has 0 unspecified atom stereocenters. The fraction of sp³-hybridized carbons (Fsp3) is 0.172. The second kappa shape index (κ2) is 11.0. The average Bonchev–Trinajstić information content (AvgIpc) is 2.93. The topological polar surface area (TPSA) is 95.4 Å². The number of rotatable bonds is 7. The summed E-state index contributed by atoms with van der Waals surface area (Å²) in [6, 6.07) is 21.0. The van der Waals surface area contributed by atoms with Crippen molar-refractivity contribution in [3.63, 3.8) is 0 Å². The molecule has 0 fully saturated rings. The zero-order valence-corrected chi connectivity index (χ0v) is 21.0. The van der Waals surface area contributed by atoms with Crippen LogP contribution in [0.3, 0.4) is 0 Å². The van der Waals surface area contributed by atoms with Gasteiger partial charge >= 0.3 is 5.97 Å². The molecule has 4 aromatic rings. The van der Waals surface area contributed by atoms with Gasteiger partial charge in [-0.2, -0.15) is 0 Å². The lowest BCUT2D eigenvalue weighted by Crippen LogP contribution is -2.42. The van der Waals surface area contributed by atoms with Crippen molar-refractivity contribution in [2.75, 3.05) is 11.4 Å². The van der Waals surface area contributed by atoms with Crippen molar-refractivity contribution in [3.8, 4) is 11.4 Å². The average molecular weight is 531 g/mol. The number of halogens is 2. The van der Waals surface area contributed by atoms with E-state index in [-0.39, 0.29) is 17.9 Å². The van der Waals surface area contributed by atoms with Crippen LogP contribution in [-0.2, 0) is 24.2 Å². The van der Waals surface area contributed by atoms with E-state index in [1.165, 1.54) is 23.3 Å². The summed E-state index contributed by atoms with van der Waals surface area (Å²) in [5, 5.41) is 12.9. The van der Waals surface area contributed by atoms with Gasteiger partial charge in [0, 0.05) is 36.2 Å². The maximum atomic E-state index is 13.6. The summed E-state index contributed by atoms with van der Waals surface area (Å²) in [5.41, 5.74) is 3.71. The number of anilines is 1. The maximum absolute atomic E-state index is 13.6. The highest BCUT2D eigenvalue weighted by molar-refractivity contribution is 6.30. The first kappa shape index (κ1) is 25.4. The molecule has 2 heterocycles. The molecule has 2 N–H and O–H groups in total. The number of nitrogens with zero attached hydrogens (tertiary/aromatic N) is 3.